The van der Waals surface area contributed by atoms with E-state index in [2.05, 4.69) is 20.4 Å². The zero-order valence-corrected chi connectivity index (χ0v) is 15.7. The number of amides is 1. The first-order valence-electron chi connectivity index (χ1n) is 9.57. The molecule has 3 aromatic rings. The first-order chi connectivity index (χ1) is 14.6. The fourth-order valence-corrected chi connectivity index (χ4v) is 3.98. The van der Waals surface area contributed by atoms with Crippen LogP contribution in [-0.4, -0.2) is 57.5 Å². The Balaban J connectivity index is 1.54. The SMILES string of the molecule is O=C1NC2(COC2)COc2ncc(F)cc2[C@H]2CCON2c2ccn3ncc1c3n2. The molecule has 2 fully saturated rings. The zero-order valence-electron chi connectivity index (χ0n) is 15.7. The summed E-state index contributed by atoms with van der Waals surface area (Å²) in [5.74, 6) is -0.0200. The maximum Gasteiger partial charge on any atom is 0.257 e. The van der Waals surface area contributed by atoms with E-state index < -0.39 is 11.4 Å². The van der Waals surface area contributed by atoms with E-state index in [1.807, 2.05) is 0 Å². The predicted molar refractivity (Wildman–Crippen MR) is 99.5 cm³/mol. The van der Waals surface area contributed by atoms with Crippen LogP contribution in [-0.2, 0) is 9.57 Å². The minimum atomic E-state index is -0.712. The van der Waals surface area contributed by atoms with E-state index in [9.17, 15) is 9.18 Å². The van der Waals surface area contributed by atoms with E-state index in [4.69, 9.17) is 14.3 Å². The number of aromatic nitrogens is 4. The minimum Gasteiger partial charge on any atom is -0.475 e. The normalized spacial score (nSPS) is 22.4. The molecule has 0 aromatic carbocycles. The summed E-state index contributed by atoms with van der Waals surface area (Å²) in [6.45, 7) is 1.16. The third kappa shape index (κ3) is 2.62. The van der Waals surface area contributed by atoms with Crippen LogP contribution >= 0.6 is 0 Å². The molecule has 11 heteroatoms. The maximum absolute atomic E-state index is 14.1. The Labute approximate surface area is 169 Å². The molecule has 2 saturated heterocycles. The fraction of sp³-hybridized carbons (Fsp3) is 0.368. The molecule has 1 atom stereocenters. The summed E-state index contributed by atoms with van der Waals surface area (Å²) in [5.41, 5.74) is 0.576. The lowest BCUT2D eigenvalue weighted by Gasteiger charge is -2.41. The van der Waals surface area contributed by atoms with Crippen LogP contribution in [0.2, 0.25) is 0 Å². The van der Waals surface area contributed by atoms with Crippen molar-refractivity contribution in [2.24, 2.45) is 0 Å². The molecular formula is C19H17FN6O4. The topological polar surface area (TPSA) is 103 Å². The van der Waals surface area contributed by atoms with Gasteiger partial charge in [0.1, 0.15) is 23.5 Å². The monoisotopic (exact) mass is 412 g/mol. The Morgan fingerprint density at radius 1 is 1.27 bits per heavy atom. The Morgan fingerprint density at radius 2 is 2.17 bits per heavy atom. The molecule has 3 aliphatic rings. The first kappa shape index (κ1) is 17.5. The highest BCUT2D eigenvalue weighted by Crippen LogP contribution is 2.38. The van der Waals surface area contributed by atoms with Crippen molar-refractivity contribution < 1.29 is 23.5 Å². The summed E-state index contributed by atoms with van der Waals surface area (Å²) in [4.78, 5) is 27.6. The van der Waals surface area contributed by atoms with E-state index >= 15 is 0 Å². The molecule has 154 valence electrons. The van der Waals surface area contributed by atoms with Crippen molar-refractivity contribution in [2.75, 3.05) is 31.5 Å². The molecule has 1 N–H and O–H groups in total. The number of nitrogens with one attached hydrogen (secondary N) is 1. The van der Waals surface area contributed by atoms with E-state index in [1.54, 1.807) is 17.3 Å². The largest absolute Gasteiger partial charge is 0.475 e. The molecule has 30 heavy (non-hydrogen) atoms. The lowest BCUT2D eigenvalue weighted by Crippen LogP contribution is -2.65. The molecule has 6 heterocycles. The van der Waals surface area contributed by atoms with E-state index in [1.165, 1.54) is 16.8 Å². The highest BCUT2D eigenvalue weighted by molar-refractivity contribution is 6.00. The van der Waals surface area contributed by atoms with Crippen molar-refractivity contribution in [1.29, 1.82) is 0 Å². The molecular weight excluding hydrogens is 395 g/mol. The fourth-order valence-electron chi connectivity index (χ4n) is 3.98. The second-order valence-electron chi connectivity index (χ2n) is 7.64. The van der Waals surface area contributed by atoms with Crippen molar-refractivity contribution in [3.63, 3.8) is 0 Å². The highest BCUT2D eigenvalue weighted by atomic mass is 19.1. The summed E-state index contributed by atoms with van der Waals surface area (Å²) < 4.78 is 27.0. The standard InChI is InChI=1S/C19H17FN6O4/c20-11-5-12-14-2-4-30-26(14)15-1-3-25-16(23-15)13(7-22-25)17(27)24-19(8-28-9-19)10-29-18(12)21-6-11/h1,3,5-7,14H,2,4,8-10H2,(H,24,27)/t14-/m1/s1. The van der Waals surface area contributed by atoms with Crippen LogP contribution in [0.4, 0.5) is 10.2 Å². The van der Waals surface area contributed by atoms with Crippen molar-refractivity contribution in [1.82, 2.24) is 24.9 Å². The van der Waals surface area contributed by atoms with Crippen molar-refractivity contribution >= 4 is 17.4 Å². The van der Waals surface area contributed by atoms with Gasteiger partial charge < -0.3 is 14.8 Å². The first-order valence-corrected chi connectivity index (χ1v) is 9.57. The summed E-state index contributed by atoms with van der Waals surface area (Å²) in [5, 5.41) is 8.82. The van der Waals surface area contributed by atoms with Crippen molar-refractivity contribution in [3.8, 4) is 5.88 Å². The smallest absolute Gasteiger partial charge is 0.257 e. The van der Waals surface area contributed by atoms with Gasteiger partial charge >= 0.3 is 0 Å². The van der Waals surface area contributed by atoms with E-state index in [0.717, 1.165) is 6.20 Å². The molecule has 3 aliphatic heterocycles. The van der Waals surface area contributed by atoms with Crippen molar-refractivity contribution in [3.05, 3.63) is 47.7 Å². The lowest BCUT2D eigenvalue weighted by molar-refractivity contribution is -0.0881. The Morgan fingerprint density at radius 3 is 3.00 bits per heavy atom. The number of anilines is 1. The average Bonchev–Trinajstić information content (AvgIpc) is 3.36. The van der Waals surface area contributed by atoms with Gasteiger partial charge in [0.05, 0.1) is 38.3 Å². The number of halogens is 1. The number of carbonyl (C=O) groups excluding carboxylic acids is 1. The number of ether oxygens (including phenoxy) is 2. The number of fused-ring (bicyclic) bond motifs is 5. The van der Waals surface area contributed by atoms with Crippen LogP contribution in [0, 0.1) is 5.82 Å². The summed E-state index contributed by atoms with van der Waals surface area (Å²) in [7, 11) is 0. The number of hydrogen-bond acceptors (Lipinski definition) is 8. The van der Waals surface area contributed by atoms with Gasteiger partial charge in [0.25, 0.3) is 5.91 Å². The van der Waals surface area contributed by atoms with Crippen LogP contribution in [0.5, 0.6) is 5.88 Å². The van der Waals surface area contributed by atoms with Crippen LogP contribution in [0.25, 0.3) is 5.65 Å². The summed E-state index contributed by atoms with van der Waals surface area (Å²) >= 11 is 0. The predicted octanol–water partition coefficient (Wildman–Crippen LogP) is 1.04. The molecule has 0 radical (unpaired) electrons. The number of carbonyl (C=O) groups is 1. The van der Waals surface area contributed by atoms with Gasteiger partial charge in [-0.15, -0.1) is 0 Å². The third-order valence-corrected chi connectivity index (χ3v) is 5.55. The number of hydroxylamine groups is 1. The Hall–Kier alpha value is -3.31. The van der Waals surface area contributed by atoms with Gasteiger partial charge in [0, 0.05) is 24.2 Å². The summed E-state index contributed by atoms with van der Waals surface area (Å²) in [6.07, 6.45) is 4.90. The van der Waals surface area contributed by atoms with E-state index in [-0.39, 0.29) is 18.6 Å². The Kier molecular flexibility index (Phi) is 3.71. The Bertz CT molecular complexity index is 1160. The van der Waals surface area contributed by atoms with Crippen LogP contribution in [0.15, 0.2) is 30.7 Å². The molecule has 2 bridgehead atoms. The quantitative estimate of drug-likeness (QED) is 0.584. The average molecular weight is 412 g/mol. The number of pyridine rings is 1. The number of rotatable bonds is 0. The zero-order chi connectivity index (χ0) is 20.3. The summed E-state index contributed by atoms with van der Waals surface area (Å²) in [6, 6.07) is 2.79. The van der Waals surface area contributed by atoms with Crippen LogP contribution in [0.3, 0.4) is 0 Å². The lowest BCUT2D eigenvalue weighted by atomic mass is 9.98. The number of nitrogens with zero attached hydrogens (tertiary/aromatic N) is 5. The molecule has 6 rings (SSSR count). The van der Waals surface area contributed by atoms with Gasteiger partial charge in [-0.05, 0) is 6.07 Å². The van der Waals surface area contributed by atoms with Gasteiger partial charge in [-0.3, -0.25) is 9.63 Å². The van der Waals surface area contributed by atoms with Gasteiger partial charge in [-0.1, -0.05) is 0 Å². The van der Waals surface area contributed by atoms with Gasteiger partial charge in [-0.25, -0.2) is 23.9 Å². The molecule has 1 spiro atoms. The van der Waals surface area contributed by atoms with Crippen LogP contribution < -0.4 is 15.1 Å². The molecule has 10 nitrogen and oxygen atoms in total. The highest BCUT2D eigenvalue weighted by Gasteiger charge is 2.43. The molecule has 0 unspecified atom stereocenters. The van der Waals surface area contributed by atoms with Crippen molar-refractivity contribution in [2.45, 2.75) is 18.0 Å². The molecule has 3 aromatic heterocycles. The number of hydrogen-bond donors (Lipinski definition) is 1. The third-order valence-electron chi connectivity index (χ3n) is 5.55. The molecule has 0 aliphatic carbocycles. The molecule has 0 saturated carbocycles. The van der Waals surface area contributed by atoms with Gasteiger partial charge in [0.15, 0.2) is 11.5 Å². The van der Waals surface area contributed by atoms with Gasteiger partial charge in [0.2, 0.25) is 5.88 Å². The van der Waals surface area contributed by atoms with Gasteiger partial charge in [-0.2, -0.15) is 5.10 Å². The second-order valence-corrected chi connectivity index (χ2v) is 7.64. The molecule has 1 amide bonds. The minimum absolute atomic E-state index is 0.132. The second kappa shape index (κ2) is 6.34. The maximum atomic E-state index is 14.1. The van der Waals surface area contributed by atoms with E-state index in [0.29, 0.717) is 54.7 Å². The van der Waals surface area contributed by atoms with Crippen LogP contribution in [0.1, 0.15) is 28.4 Å².